The average molecular weight is 383 g/mol. The van der Waals surface area contributed by atoms with Gasteiger partial charge in [0, 0.05) is 18.0 Å². The third-order valence-electron chi connectivity index (χ3n) is 3.92. The number of hydroxylamine groups is 1. The molecule has 0 spiro atoms. The summed E-state index contributed by atoms with van der Waals surface area (Å²) in [6, 6.07) is 9.28. The molecule has 1 unspecified atom stereocenters. The van der Waals surface area contributed by atoms with E-state index in [9.17, 15) is 9.59 Å². The number of amides is 2. The van der Waals surface area contributed by atoms with Crippen LogP contribution in [0.15, 0.2) is 48.9 Å². The predicted molar refractivity (Wildman–Crippen MR) is 100 cm³/mol. The van der Waals surface area contributed by atoms with Gasteiger partial charge in [-0.15, -0.1) is 0 Å². The number of nitrogens with one attached hydrogen (secondary N) is 2. The van der Waals surface area contributed by atoms with Crippen LogP contribution in [0.5, 0.6) is 0 Å². The Kier molecular flexibility index (Phi) is 5.84. The van der Waals surface area contributed by atoms with Gasteiger partial charge in [0.25, 0.3) is 5.91 Å². The monoisotopic (exact) mass is 383 g/mol. The largest absolute Gasteiger partial charge is 0.301 e. The highest BCUT2D eigenvalue weighted by Gasteiger charge is 2.21. The van der Waals surface area contributed by atoms with Crippen LogP contribution in [0.1, 0.15) is 34.5 Å². The highest BCUT2D eigenvalue weighted by atomic mass is 32.1. The van der Waals surface area contributed by atoms with Crippen LogP contribution in [0.2, 0.25) is 0 Å². The van der Waals surface area contributed by atoms with Gasteiger partial charge in [0.2, 0.25) is 5.91 Å². The van der Waals surface area contributed by atoms with E-state index in [1.54, 1.807) is 18.5 Å². The van der Waals surface area contributed by atoms with Gasteiger partial charge in [0.05, 0.1) is 12.1 Å². The van der Waals surface area contributed by atoms with Crippen molar-refractivity contribution in [3.8, 4) is 11.4 Å². The number of benzene rings is 1. The summed E-state index contributed by atoms with van der Waals surface area (Å²) < 4.78 is 0. The highest BCUT2D eigenvalue weighted by molar-refractivity contribution is 7.17. The number of thiazole rings is 1. The first-order chi connectivity index (χ1) is 13.1. The molecule has 3 rings (SSSR count). The molecule has 0 fully saturated rings. The second kappa shape index (κ2) is 8.47. The maximum Gasteiger partial charge on any atom is 0.286 e. The van der Waals surface area contributed by atoms with Gasteiger partial charge in [-0.1, -0.05) is 42.5 Å². The molecule has 0 radical (unpaired) electrons. The van der Waals surface area contributed by atoms with Crippen LogP contribution in [0, 0.1) is 0 Å². The Morgan fingerprint density at radius 2 is 1.85 bits per heavy atom. The average Bonchev–Trinajstić information content (AvgIpc) is 3.17. The molecule has 2 heterocycles. The molecule has 3 aromatic rings. The molecule has 2 amide bonds. The lowest BCUT2D eigenvalue weighted by Crippen LogP contribution is -2.20. The minimum absolute atomic E-state index is 0.202. The second-order valence-corrected chi connectivity index (χ2v) is 6.65. The molecule has 0 aliphatic heterocycles. The van der Waals surface area contributed by atoms with Crippen LogP contribution in [0.4, 0.5) is 5.13 Å². The lowest BCUT2D eigenvalue weighted by Gasteiger charge is -2.14. The van der Waals surface area contributed by atoms with E-state index in [-0.39, 0.29) is 16.7 Å². The molecule has 1 aromatic carbocycles. The molecular weight excluding hydrogens is 366 g/mol. The normalized spacial score (nSPS) is 11.6. The summed E-state index contributed by atoms with van der Waals surface area (Å²) in [5.41, 5.74) is 3.27. The van der Waals surface area contributed by atoms with Crippen LogP contribution in [-0.2, 0) is 4.79 Å². The Morgan fingerprint density at radius 1 is 1.15 bits per heavy atom. The molecule has 27 heavy (non-hydrogen) atoms. The van der Waals surface area contributed by atoms with E-state index < -0.39 is 5.91 Å². The quantitative estimate of drug-likeness (QED) is 0.445. The zero-order chi connectivity index (χ0) is 19.2. The van der Waals surface area contributed by atoms with Gasteiger partial charge >= 0.3 is 0 Å². The van der Waals surface area contributed by atoms with Crippen molar-refractivity contribution in [2.45, 2.75) is 19.3 Å². The number of aromatic nitrogens is 3. The van der Waals surface area contributed by atoms with Crippen molar-refractivity contribution in [1.29, 1.82) is 0 Å². The molecule has 0 saturated heterocycles. The number of anilines is 1. The zero-order valence-corrected chi connectivity index (χ0v) is 15.2. The fourth-order valence-corrected chi connectivity index (χ4v) is 3.28. The molecule has 0 saturated carbocycles. The first kappa shape index (κ1) is 18.6. The molecule has 2 aromatic heterocycles. The Morgan fingerprint density at radius 3 is 2.48 bits per heavy atom. The molecule has 8 nitrogen and oxygen atoms in total. The van der Waals surface area contributed by atoms with Crippen LogP contribution in [0.25, 0.3) is 11.4 Å². The van der Waals surface area contributed by atoms with Gasteiger partial charge in [0.1, 0.15) is 4.88 Å². The van der Waals surface area contributed by atoms with Gasteiger partial charge in [-0.2, -0.15) is 0 Å². The van der Waals surface area contributed by atoms with Gasteiger partial charge in [-0.3, -0.25) is 14.8 Å². The first-order valence-corrected chi connectivity index (χ1v) is 9.02. The summed E-state index contributed by atoms with van der Waals surface area (Å²) in [7, 11) is 0. The van der Waals surface area contributed by atoms with Crippen molar-refractivity contribution in [3.63, 3.8) is 0 Å². The minimum Gasteiger partial charge on any atom is -0.301 e. The third kappa shape index (κ3) is 4.33. The molecule has 138 valence electrons. The maximum absolute atomic E-state index is 12.6. The molecule has 0 bridgehead atoms. The molecule has 0 aliphatic carbocycles. The second-order valence-electron chi connectivity index (χ2n) is 5.62. The summed E-state index contributed by atoms with van der Waals surface area (Å²) in [6.45, 7) is 1.92. The highest BCUT2D eigenvalue weighted by Crippen LogP contribution is 2.26. The molecule has 3 N–H and O–H groups in total. The standard InChI is InChI=1S/C18H17N5O3S/c1-2-13(16(24)22-18-21-10-14(27-18)17(25)23-26)11-4-6-12(7-5-11)15-19-8-3-9-20-15/h3-10,13,26H,2H2,1H3,(H,23,25)(H,21,22,24). The lowest BCUT2D eigenvalue weighted by atomic mass is 9.94. The Hall–Kier alpha value is -3.17. The van der Waals surface area contributed by atoms with Crippen molar-refractivity contribution in [2.24, 2.45) is 0 Å². The Labute approximate surface area is 159 Å². The number of rotatable bonds is 6. The van der Waals surface area contributed by atoms with E-state index in [4.69, 9.17) is 5.21 Å². The Bertz CT molecular complexity index is 928. The van der Waals surface area contributed by atoms with Crippen molar-refractivity contribution >= 4 is 28.3 Å². The molecule has 0 aliphatic rings. The summed E-state index contributed by atoms with van der Waals surface area (Å²) in [4.78, 5) is 36.6. The van der Waals surface area contributed by atoms with Crippen LogP contribution < -0.4 is 10.8 Å². The summed E-state index contributed by atoms with van der Waals surface area (Å²) in [6.07, 6.45) is 5.25. The van der Waals surface area contributed by atoms with Gasteiger partial charge in [0.15, 0.2) is 11.0 Å². The zero-order valence-electron chi connectivity index (χ0n) is 14.4. The van der Waals surface area contributed by atoms with Crippen molar-refractivity contribution in [2.75, 3.05) is 5.32 Å². The van der Waals surface area contributed by atoms with E-state index in [0.29, 0.717) is 17.4 Å². The third-order valence-corrected chi connectivity index (χ3v) is 4.83. The van der Waals surface area contributed by atoms with Crippen LogP contribution in [0.3, 0.4) is 0 Å². The predicted octanol–water partition coefficient (Wildman–Crippen LogP) is 2.85. The summed E-state index contributed by atoms with van der Waals surface area (Å²) in [5, 5.41) is 11.7. The molecule has 9 heteroatoms. The number of nitrogens with zero attached hydrogens (tertiary/aromatic N) is 3. The minimum atomic E-state index is -0.668. The topological polar surface area (TPSA) is 117 Å². The van der Waals surface area contributed by atoms with E-state index in [0.717, 1.165) is 22.5 Å². The first-order valence-electron chi connectivity index (χ1n) is 8.20. The molecular formula is C18H17N5O3S. The van der Waals surface area contributed by atoms with Crippen molar-refractivity contribution in [3.05, 3.63) is 59.4 Å². The van der Waals surface area contributed by atoms with Crippen molar-refractivity contribution < 1.29 is 14.8 Å². The number of hydrogen-bond donors (Lipinski definition) is 3. The van der Waals surface area contributed by atoms with Gasteiger partial charge < -0.3 is 5.32 Å². The number of carbonyl (C=O) groups is 2. The fourth-order valence-electron chi connectivity index (χ4n) is 2.57. The smallest absolute Gasteiger partial charge is 0.286 e. The summed E-state index contributed by atoms with van der Waals surface area (Å²) >= 11 is 0.985. The molecule has 1 atom stereocenters. The SMILES string of the molecule is CCC(C(=O)Nc1ncc(C(=O)NO)s1)c1ccc(-c2ncccn2)cc1. The van der Waals surface area contributed by atoms with Crippen LogP contribution >= 0.6 is 11.3 Å². The number of hydrogen-bond acceptors (Lipinski definition) is 7. The Balaban J connectivity index is 1.73. The maximum atomic E-state index is 12.6. The van der Waals surface area contributed by atoms with E-state index in [1.807, 2.05) is 31.2 Å². The number of carbonyl (C=O) groups excluding carboxylic acids is 2. The van der Waals surface area contributed by atoms with Crippen molar-refractivity contribution in [1.82, 2.24) is 20.4 Å². The van der Waals surface area contributed by atoms with Crippen LogP contribution in [-0.4, -0.2) is 32.0 Å². The van der Waals surface area contributed by atoms with E-state index in [1.165, 1.54) is 11.7 Å². The van der Waals surface area contributed by atoms with E-state index >= 15 is 0 Å². The van der Waals surface area contributed by atoms with Gasteiger partial charge in [-0.05, 0) is 18.1 Å². The van der Waals surface area contributed by atoms with E-state index in [2.05, 4.69) is 20.3 Å². The lowest BCUT2D eigenvalue weighted by molar-refractivity contribution is -0.117. The van der Waals surface area contributed by atoms with Gasteiger partial charge in [-0.25, -0.2) is 20.4 Å². The fraction of sp³-hybridized carbons (Fsp3) is 0.167. The summed E-state index contributed by atoms with van der Waals surface area (Å²) in [5.74, 6) is -0.626.